The highest BCUT2D eigenvalue weighted by atomic mass is 16.2. The number of pyridine rings is 1. The van der Waals surface area contributed by atoms with E-state index in [4.69, 9.17) is 0 Å². The van der Waals surface area contributed by atoms with E-state index in [0.717, 1.165) is 5.56 Å². The smallest absolute Gasteiger partial charge is 0.314 e. The highest BCUT2D eigenvalue weighted by molar-refractivity contribution is 6.39. The number of nitrogens with one attached hydrogen (secondary N) is 2. The second-order valence-electron chi connectivity index (χ2n) is 4.23. The van der Waals surface area contributed by atoms with E-state index in [1.165, 1.54) is 0 Å². The summed E-state index contributed by atoms with van der Waals surface area (Å²) in [6.45, 7) is 3.00. The largest absolute Gasteiger partial charge is 0.347 e. The Morgan fingerprint density at radius 1 is 1.33 bits per heavy atom. The molecule has 0 fully saturated rings. The van der Waals surface area contributed by atoms with E-state index in [1.807, 2.05) is 32.0 Å². The van der Waals surface area contributed by atoms with Gasteiger partial charge in [-0.05, 0) is 38.7 Å². The van der Waals surface area contributed by atoms with Gasteiger partial charge < -0.3 is 15.5 Å². The summed E-state index contributed by atoms with van der Waals surface area (Å²) >= 11 is 0. The molecule has 2 N–H and O–H groups in total. The molecular formula is C12H18N4O2. The van der Waals surface area contributed by atoms with Crippen LogP contribution in [0.2, 0.25) is 0 Å². The fourth-order valence-corrected chi connectivity index (χ4v) is 1.25. The summed E-state index contributed by atoms with van der Waals surface area (Å²) in [6.07, 6.45) is 1.58. The van der Waals surface area contributed by atoms with E-state index in [-0.39, 0.29) is 0 Å². The van der Waals surface area contributed by atoms with Crippen molar-refractivity contribution in [1.29, 1.82) is 0 Å². The quantitative estimate of drug-likeness (QED) is 0.738. The molecule has 2 amide bonds. The number of nitrogens with zero attached hydrogens (tertiary/aromatic N) is 2. The van der Waals surface area contributed by atoms with Gasteiger partial charge in [0, 0.05) is 19.3 Å². The minimum atomic E-state index is -0.702. The molecule has 0 atom stereocenters. The number of likely N-dealkylation sites (N-methyl/N-ethyl adjacent to an activating group) is 1. The van der Waals surface area contributed by atoms with Crippen molar-refractivity contribution in [2.75, 3.05) is 32.5 Å². The van der Waals surface area contributed by atoms with Gasteiger partial charge in [0.15, 0.2) is 0 Å². The van der Waals surface area contributed by atoms with E-state index in [0.29, 0.717) is 18.9 Å². The Bertz CT molecular complexity index is 432. The Kier molecular flexibility index (Phi) is 5.26. The maximum atomic E-state index is 11.5. The molecule has 0 bridgehead atoms. The van der Waals surface area contributed by atoms with Crippen LogP contribution in [0.3, 0.4) is 0 Å². The maximum absolute atomic E-state index is 11.5. The zero-order valence-electron chi connectivity index (χ0n) is 10.9. The molecule has 0 saturated carbocycles. The number of aromatic nitrogens is 1. The van der Waals surface area contributed by atoms with Crippen LogP contribution >= 0.6 is 0 Å². The molecule has 0 unspecified atom stereocenters. The van der Waals surface area contributed by atoms with Crippen LogP contribution in [-0.2, 0) is 9.59 Å². The average Bonchev–Trinajstić information content (AvgIpc) is 2.28. The van der Waals surface area contributed by atoms with Gasteiger partial charge in [-0.1, -0.05) is 0 Å². The normalized spacial score (nSPS) is 10.2. The van der Waals surface area contributed by atoms with Crippen molar-refractivity contribution in [3.63, 3.8) is 0 Å². The third-order valence-corrected chi connectivity index (χ3v) is 2.21. The van der Waals surface area contributed by atoms with E-state index in [2.05, 4.69) is 15.6 Å². The van der Waals surface area contributed by atoms with Gasteiger partial charge in [0.25, 0.3) is 0 Å². The number of rotatable bonds is 4. The molecule has 0 aliphatic rings. The molecule has 1 aromatic heterocycles. The number of carbonyl (C=O) groups excluding carboxylic acids is 2. The van der Waals surface area contributed by atoms with Crippen molar-refractivity contribution in [2.24, 2.45) is 0 Å². The minimum absolute atomic E-state index is 0.378. The first kappa shape index (κ1) is 14.1. The zero-order chi connectivity index (χ0) is 13.5. The maximum Gasteiger partial charge on any atom is 0.314 e. The summed E-state index contributed by atoms with van der Waals surface area (Å²) in [5.74, 6) is -0.977. The van der Waals surface area contributed by atoms with E-state index < -0.39 is 11.8 Å². The first-order valence-corrected chi connectivity index (χ1v) is 5.65. The van der Waals surface area contributed by atoms with Crippen molar-refractivity contribution in [2.45, 2.75) is 6.92 Å². The Morgan fingerprint density at radius 2 is 2.06 bits per heavy atom. The Morgan fingerprint density at radius 3 is 2.67 bits per heavy atom. The van der Waals surface area contributed by atoms with Crippen LogP contribution in [0.5, 0.6) is 0 Å². The molecule has 0 spiro atoms. The Hall–Kier alpha value is -1.95. The Balaban J connectivity index is 2.43. The molecule has 0 saturated heterocycles. The predicted molar refractivity (Wildman–Crippen MR) is 69.2 cm³/mol. The molecule has 0 aromatic carbocycles. The molecule has 6 nitrogen and oxygen atoms in total. The lowest BCUT2D eigenvalue weighted by atomic mass is 10.3. The summed E-state index contributed by atoms with van der Waals surface area (Å²) in [5, 5.41) is 4.97. The number of carbonyl (C=O) groups is 2. The molecule has 0 aliphatic carbocycles. The van der Waals surface area contributed by atoms with Crippen LogP contribution in [0.1, 0.15) is 5.56 Å². The van der Waals surface area contributed by atoms with Crippen molar-refractivity contribution >= 4 is 17.6 Å². The van der Waals surface area contributed by atoms with Crippen molar-refractivity contribution in [1.82, 2.24) is 15.2 Å². The zero-order valence-corrected chi connectivity index (χ0v) is 10.9. The van der Waals surface area contributed by atoms with Gasteiger partial charge in [0.2, 0.25) is 0 Å². The van der Waals surface area contributed by atoms with Crippen LogP contribution in [0.25, 0.3) is 0 Å². The lowest BCUT2D eigenvalue weighted by molar-refractivity contribution is -0.136. The van der Waals surface area contributed by atoms with Crippen LogP contribution in [0, 0.1) is 6.92 Å². The third kappa shape index (κ3) is 4.92. The fourth-order valence-electron chi connectivity index (χ4n) is 1.25. The van der Waals surface area contributed by atoms with Gasteiger partial charge in [-0.25, -0.2) is 4.98 Å². The van der Waals surface area contributed by atoms with Gasteiger partial charge in [0.05, 0.1) is 0 Å². The molecule has 0 aliphatic heterocycles. The van der Waals surface area contributed by atoms with Crippen molar-refractivity contribution in [3.05, 3.63) is 23.9 Å². The fraction of sp³-hybridized carbons (Fsp3) is 0.417. The molecule has 18 heavy (non-hydrogen) atoms. The molecule has 1 heterocycles. The first-order valence-electron chi connectivity index (χ1n) is 5.65. The highest BCUT2D eigenvalue weighted by Gasteiger charge is 2.13. The van der Waals surface area contributed by atoms with Crippen molar-refractivity contribution in [3.8, 4) is 0 Å². The number of amides is 2. The van der Waals surface area contributed by atoms with Gasteiger partial charge in [-0.15, -0.1) is 0 Å². The minimum Gasteiger partial charge on any atom is -0.347 e. The van der Waals surface area contributed by atoms with Crippen LogP contribution in [-0.4, -0.2) is 48.9 Å². The van der Waals surface area contributed by atoms with Gasteiger partial charge >= 0.3 is 11.8 Å². The summed E-state index contributed by atoms with van der Waals surface area (Å²) in [6, 6.07) is 3.51. The van der Waals surface area contributed by atoms with Gasteiger partial charge in [-0.3, -0.25) is 9.59 Å². The number of hydrogen-bond donors (Lipinski definition) is 2. The summed E-state index contributed by atoms with van der Waals surface area (Å²) < 4.78 is 0. The lowest BCUT2D eigenvalue weighted by Crippen LogP contribution is -2.38. The molecular weight excluding hydrogens is 232 g/mol. The third-order valence-electron chi connectivity index (χ3n) is 2.21. The number of hydrogen-bond acceptors (Lipinski definition) is 4. The second kappa shape index (κ2) is 6.70. The van der Waals surface area contributed by atoms with E-state index in [9.17, 15) is 9.59 Å². The van der Waals surface area contributed by atoms with Crippen LogP contribution in [0.4, 0.5) is 5.82 Å². The summed E-state index contributed by atoms with van der Waals surface area (Å²) in [4.78, 5) is 28.8. The lowest BCUT2D eigenvalue weighted by Gasteiger charge is -2.10. The van der Waals surface area contributed by atoms with E-state index in [1.54, 1.807) is 12.3 Å². The molecule has 98 valence electrons. The van der Waals surface area contributed by atoms with Crippen molar-refractivity contribution < 1.29 is 9.59 Å². The monoisotopic (exact) mass is 250 g/mol. The number of aryl methyl sites for hydroxylation is 1. The first-order chi connectivity index (χ1) is 8.49. The van der Waals surface area contributed by atoms with Gasteiger partial charge in [0.1, 0.15) is 5.82 Å². The molecule has 0 radical (unpaired) electrons. The summed E-state index contributed by atoms with van der Waals surface area (Å²) in [5.41, 5.74) is 0.966. The van der Waals surface area contributed by atoms with E-state index >= 15 is 0 Å². The topological polar surface area (TPSA) is 74.3 Å². The molecule has 1 aromatic rings. The summed E-state index contributed by atoms with van der Waals surface area (Å²) in [7, 11) is 3.78. The molecule has 6 heteroatoms. The Labute approximate surface area is 106 Å². The second-order valence-corrected chi connectivity index (χ2v) is 4.23. The number of anilines is 1. The highest BCUT2D eigenvalue weighted by Crippen LogP contribution is 2.04. The average molecular weight is 250 g/mol. The standard InChI is InChI=1S/C12H18N4O2/c1-9-4-5-13-10(8-9)15-12(18)11(17)14-6-7-16(2)3/h4-5,8H,6-7H2,1-3H3,(H,14,17)(H,13,15,18). The van der Waals surface area contributed by atoms with Gasteiger partial charge in [-0.2, -0.15) is 0 Å². The predicted octanol–water partition coefficient (Wildman–Crippen LogP) is 0.00632. The van der Waals surface area contributed by atoms with Crippen LogP contribution < -0.4 is 10.6 Å². The molecule has 1 rings (SSSR count). The van der Waals surface area contributed by atoms with Crippen LogP contribution in [0.15, 0.2) is 18.3 Å². The SMILES string of the molecule is Cc1ccnc(NC(=O)C(=O)NCCN(C)C)c1.